The van der Waals surface area contributed by atoms with Crippen molar-refractivity contribution < 1.29 is 17.9 Å². The van der Waals surface area contributed by atoms with Crippen LogP contribution in [0.3, 0.4) is 0 Å². The summed E-state index contributed by atoms with van der Waals surface area (Å²) in [5, 5.41) is 3.23. The van der Waals surface area contributed by atoms with Crippen LogP contribution in [0.1, 0.15) is 12.5 Å². The Balaban J connectivity index is 2.01. The SMILES string of the molecule is CCOc1ccccc1N(CC(=O)Nc1ccc(I)cc1C)S(=O)(=O)c1ccc(Cl)cc1. The highest BCUT2D eigenvalue weighted by atomic mass is 127. The van der Waals surface area contributed by atoms with Gasteiger partial charge < -0.3 is 10.1 Å². The van der Waals surface area contributed by atoms with Gasteiger partial charge in [0.15, 0.2) is 0 Å². The highest BCUT2D eigenvalue weighted by molar-refractivity contribution is 14.1. The second kappa shape index (κ2) is 10.5. The van der Waals surface area contributed by atoms with E-state index < -0.39 is 22.5 Å². The summed E-state index contributed by atoms with van der Waals surface area (Å²) in [7, 11) is -4.08. The van der Waals surface area contributed by atoms with Crippen molar-refractivity contribution in [1.29, 1.82) is 0 Å². The molecule has 6 nitrogen and oxygen atoms in total. The third-order valence-corrected chi connectivity index (χ3v) is 7.28. The number of sulfonamides is 1. The van der Waals surface area contributed by atoms with Crippen molar-refractivity contribution in [1.82, 2.24) is 0 Å². The fourth-order valence-electron chi connectivity index (χ4n) is 3.06. The van der Waals surface area contributed by atoms with Crippen molar-refractivity contribution in [3.8, 4) is 5.75 Å². The van der Waals surface area contributed by atoms with Crippen LogP contribution in [-0.4, -0.2) is 27.5 Å². The highest BCUT2D eigenvalue weighted by Gasteiger charge is 2.29. The minimum Gasteiger partial charge on any atom is -0.492 e. The summed E-state index contributed by atoms with van der Waals surface area (Å²) in [6.45, 7) is 3.60. The van der Waals surface area contributed by atoms with Gasteiger partial charge in [0.1, 0.15) is 12.3 Å². The number of amides is 1. The molecule has 0 atom stereocenters. The van der Waals surface area contributed by atoms with E-state index in [9.17, 15) is 13.2 Å². The Bertz CT molecular complexity index is 1220. The first-order chi connectivity index (χ1) is 15.2. The molecule has 3 aromatic rings. The zero-order chi connectivity index (χ0) is 23.3. The zero-order valence-corrected chi connectivity index (χ0v) is 21.2. The predicted octanol–water partition coefficient (Wildman–Crippen LogP) is 5.49. The summed E-state index contributed by atoms with van der Waals surface area (Å²) in [6, 6.07) is 18.1. The summed E-state index contributed by atoms with van der Waals surface area (Å²) in [4.78, 5) is 13.0. The number of hydrogen-bond donors (Lipinski definition) is 1. The molecule has 0 spiro atoms. The van der Waals surface area contributed by atoms with Gasteiger partial charge in [-0.1, -0.05) is 23.7 Å². The number of benzene rings is 3. The van der Waals surface area contributed by atoms with E-state index in [-0.39, 0.29) is 10.6 Å². The molecule has 0 bridgehead atoms. The van der Waals surface area contributed by atoms with E-state index in [0.717, 1.165) is 13.4 Å². The summed E-state index contributed by atoms with van der Waals surface area (Å²) in [5.41, 5.74) is 1.78. The molecule has 0 unspecified atom stereocenters. The van der Waals surface area contributed by atoms with Crippen molar-refractivity contribution >= 4 is 61.5 Å². The Labute approximate surface area is 206 Å². The monoisotopic (exact) mass is 584 g/mol. The van der Waals surface area contributed by atoms with Gasteiger partial charge in [-0.05, 0) is 96.6 Å². The minimum atomic E-state index is -4.08. The smallest absolute Gasteiger partial charge is 0.264 e. The number of carbonyl (C=O) groups is 1. The lowest BCUT2D eigenvalue weighted by atomic mass is 10.2. The molecule has 9 heteroatoms. The van der Waals surface area contributed by atoms with Gasteiger partial charge in [0.25, 0.3) is 10.0 Å². The summed E-state index contributed by atoms with van der Waals surface area (Å²) >= 11 is 8.12. The molecular formula is C23H22ClIN2O4S. The number of rotatable bonds is 8. The molecule has 3 rings (SSSR count). The van der Waals surface area contributed by atoms with Gasteiger partial charge >= 0.3 is 0 Å². The van der Waals surface area contributed by atoms with Crippen LogP contribution in [-0.2, 0) is 14.8 Å². The summed E-state index contributed by atoms with van der Waals surface area (Å²) in [6.07, 6.45) is 0. The Morgan fingerprint density at radius 3 is 2.44 bits per heavy atom. The van der Waals surface area contributed by atoms with Gasteiger partial charge in [0.2, 0.25) is 5.91 Å². The second-order valence-corrected chi connectivity index (χ2v) is 10.4. The quantitative estimate of drug-likeness (QED) is 0.356. The average Bonchev–Trinajstić information content (AvgIpc) is 2.75. The number of hydrogen-bond acceptors (Lipinski definition) is 4. The van der Waals surface area contributed by atoms with E-state index in [4.69, 9.17) is 16.3 Å². The van der Waals surface area contributed by atoms with Gasteiger partial charge in [-0.15, -0.1) is 0 Å². The maximum Gasteiger partial charge on any atom is 0.264 e. The molecule has 0 aliphatic rings. The topological polar surface area (TPSA) is 75.7 Å². The first-order valence-electron chi connectivity index (χ1n) is 9.78. The molecule has 168 valence electrons. The van der Waals surface area contributed by atoms with Crippen LogP contribution in [0.15, 0.2) is 71.6 Å². The number of carbonyl (C=O) groups excluding carboxylic acids is 1. The fraction of sp³-hybridized carbons (Fsp3) is 0.174. The second-order valence-electron chi connectivity index (χ2n) is 6.87. The average molecular weight is 585 g/mol. The van der Waals surface area contributed by atoms with E-state index in [1.54, 1.807) is 37.3 Å². The molecule has 0 aromatic heterocycles. The van der Waals surface area contributed by atoms with Gasteiger partial charge in [-0.2, -0.15) is 0 Å². The Hall–Kier alpha value is -2.30. The normalized spacial score (nSPS) is 11.1. The van der Waals surface area contributed by atoms with Gasteiger partial charge in [-0.25, -0.2) is 8.42 Å². The zero-order valence-electron chi connectivity index (χ0n) is 17.5. The molecule has 1 N–H and O–H groups in total. The lowest BCUT2D eigenvalue weighted by molar-refractivity contribution is -0.114. The maximum absolute atomic E-state index is 13.5. The van der Waals surface area contributed by atoms with Crippen LogP contribution < -0.4 is 14.4 Å². The molecule has 0 aliphatic heterocycles. The largest absolute Gasteiger partial charge is 0.492 e. The van der Waals surface area contributed by atoms with Crippen molar-refractivity contribution in [2.24, 2.45) is 0 Å². The number of ether oxygens (including phenoxy) is 1. The number of nitrogens with zero attached hydrogens (tertiary/aromatic N) is 1. The number of nitrogens with one attached hydrogen (secondary N) is 1. The summed E-state index contributed by atoms with van der Waals surface area (Å²) in [5.74, 6) is -0.107. The lowest BCUT2D eigenvalue weighted by Gasteiger charge is -2.26. The standard InChI is InChI=1S/C23H22ClIN2O4S/c1-3-31-22-7-5-4-6-21(22)27(32(29,30)19-11-8-17(24)9-12-19)15-23(28)26-20-13-10-18(25)14-16(20)2/h4-14H,3,15H2,1-2H3,(H,26,28). The molecule has 0 heterocycles. The number of aryl methyl sites for hydroxylation is 1. The molecule has 0 saturated heterocycles. The molecule has 1 amide bonds. The van der Waals surface area contributed by atoms with Crippen molar-refractivity contribution in [3.63, 3.8) is 0 Å². The molecule has 0 aliphatic carbocycles. The van der Waals surface area contributed by atoms with E-state index in [0.29, 0.717) is 23.1 Å². The number of anilines is 2. The molecule has 0 fully saturated rings. The maximum atomic E-state index is 13.5. The number of para-hydroxylation sites is 2. The van der Waals surface area contributed by atoms with E-state index in [1.807, 2.05) is 19.1 Å². The van der Waals surface area contributed by atoms with Crippen LogP contribution >= 0.6 is 34.2 Å². The van der Waals surface area contributed by atoms with Crippen molar-refractivity contribution in [2.75, 3.05) is 22.8 Å². The van der Waals surface area contributed by atoms with Crippen LogP contribution in [0, 0.1) is 10.5 Å². The first kappa shape index (κ1) is 24.3. The minimum absolute atomic E-state index is 0.0199. The van der Waals surface area contributed by atoms with Crippen LogP contribution in [0.5, 0.6) is 5.75 Å². The van der Waals surface area contributed by atoms with Crippen molar-refractivity contribution in [2.45, 2.75) is 18.7 Å². The molecule has 32 heavy (non-hydrogen) atoms. The van der Waals surface area contributed by atoms with E-state index in [1.165, 1.54) is 24.3 Å². The van der Waals surface area contributed by atoms with Crippen LogP contribution in [0.2, 0.25) is 5.02 Å². The molecular weight excluding hydrogens is 563 g/mol. The van der Waals surface area contributed by atoms with E-state index >= 15 is 0 Å². The van der Waals surface area contributed by atoms with Gasteiger partial charge in [0, 0.05) is 14.3 Å². The third-order valence-electron chi connectivity index (χ3n) is 4.59. The Morgan fingerprint density at radius 1 is 1.09 bits per heavy atom. The van der Waals surface area contributed by atoms with Gasteiger partial charge in [0.05, 0.1) is 17.2 Å². The third kappa shape index (κ3) is 5.73. The first-order valence-corrected chi connectivity index (χ1v) is 12.7. The van der Waals surface area contributed by atoms with Crippen LogP contribution in [0.25, 0.3) is 0 Å². The Kier molecular flexibility index (Phi) is 8.02. The highest BCUT2D eigenvalue weighted by Crippen LogP contribution is 2.33. The fourth-order valence-corrected chi connectivity index (χ4v) is 5.27. The Morgan fingerprint density at radius 2 is 1.78 bits per heavy atom. The molecule has 0 radical (unpaired) electrons. The van der Waals surface area contributed by atoms with Gasteiger partial charge in [-0.3, -0.25) is 9.10 Å². The molecule has 3 aromatic carbocycles. The van der Waals surface area contributed by atoms with E-state index in [2.05, 4.69) is 27.9 Å². The molecule has 0 saturated carbocycles. The van der Waals surface area contributed by atoms with Crippen molar-refractivity contribution in [3.05, 3.63) is 80.9 Å². The lowest BCUT2D eigenvalue weighted by Crippen LogP contribution is -2.38. The van der Waals surface area contributed by atoms with Crippen LogP contribution in [0.4, 0.5) is 11.4 Å². The summed E-state index contributed by atoms with van der Waals surface area (Å²) < 4.78 is 34.8. The number of halogens is 2. The predicted molar refractivity (Wildman–Crippen MR) is 136 cm³/mol.